The minimum Gasteiger partial charge on any atom is -0.507 e. The van der Waals surface area contributed by atoms with Crippen LogP contribution < -0.4 is 0 Å². The van der Waals surface area contributed by atoms with Crippen LogP contribution in [-0.4, -0.2) is 5.11 Å². The average molecular weight is 367 g/mol. The number of aromatic hydroxyl groups is 1. The summed E-state index contributed by atoms with van der Waals surface area (Å²) in [6.07, 6.45) is 9.51. The molecule has 0 fully saturated rings. The highest BCUT2D eigenvalue weighted by Crippen LogP contribution is 2.43. The predicted octanol–water partition coefficient (Wildman–Crippen LogP) is 7.85. The Labute approximate surface area is 161 Å². The van der Waals surface area contributed by atoms with Crippen LogP contribution in [0.5, 0.6) is 5.75 Å². The van der Waals surface area contributed by atoms with Gasteiger partial charge in [-0.25, -0.2) is 0 Å². The molecule has 0 aromatic heterocycles. The summed E-state index contributed by atoms with van der Waals surface area (Å²) in [5, 5.41) is 11.1. The van der Waals surface area contributed by atoms with Crippen molar-refractivity contribution in [1.82, 2.24) is 0 Å². The molecular formula is C23H39ClO. The molecule has 1 aromatic carbocycles. The van der Waals surface area contributed by atoms with E-state index in [4.69, 9.17) is 11.6 Å². The summed E-state index contributed by atoms with van der Waals surface area (Å²) < 4.78 is 0. The summed E-state index contributed by atoms with van der Waals surface area (Å²) in [5.74, 6) is 0.993. The number of rotatable bonds is 11. The number of unbranched alkanes of at least 4 members (excludes halogenated alkanes) is 4. The molecule has 0 atom stereocenters. The van der Waals surface area contributed by atoms with Crippen LogP contribution in [0.25, 0.3) is 0 Å². The summed E-state index contributed by atoms with van der Waals surface area (Å²) in [6.45, 7) is 13.5. The van der Waals surface area contributed by atoms with E-state index in [1.807, 2.05) is 0 Å². The Bertz CT molecular complexity index is 488. The molecule has 1 nitrogen and oxygen atoms in total. The van der Waals surface area contributed by atoms with Crippen LogP contribution in [0.4, 0.5) is 0 Å². The lowest BCUT2D eigenvalue weighted by atomic mass is 9.73. The van der Waals surface area contributed by atoms with E-state index >= 15 is 0 Å². The van der Waals surface area contributed by atoms with Crippen molar-refractivity contribution < 1.29 is 5.11 Å². The second kappa shape index (κ2) is 9.86. The summed E-state index contributed by atoms with van der Waals surface area (Å²) in [6, 6.07) is 4.25. The van der Waals surface area contributed by atoms with Crippen molar-refractivity contribution in [2.45, 2.75) is 110 Å². The maximum absolute atomic E-state index is 11.1. The molecule has 1 N–H and O–H groups in total. The highest BCUT2D eigenvalue weighted by atomic mass is 35.5. The fourth-order valence-corrected chi connectivity index (χ4v) is 3.86. The molecule has 1 aromatic rings. The van der Waals surface area contributed by atoms with Crippen molar-refractivity contribution in [1.29, 1.82) is 0 Å². The van der Waals surface area contributed by atoms with Gasteiger partial charge in [-0.15, -0.1) is 11.6 Å². The van der Waals surface area contributed by atoms with Crippen molar-refractivity contribution in [2.75, 3.05) is 0 Å². The van der Waals surface area contributed by atoms with Crippen molar-refractivity contribution >= 4 is 11.6 Å². The number of benzene rings is 1. The maximum atomic E-state index is 11.1. The van der Waals surface area contributed by atoms with Crippen LogP contribution in [-0.2, 0) is 16.7 Å². The first-order valence-electron chi connectivity index (χ1n) is 10.1. The Morgan fingerprint density at radius 3 is 1.52 bits per heavy atom. The third-order valence-electron chi connectivity index (χ3n) is 5.59. The first kappa shape index (κ1) is 22.4. The zero-order valence-electron chi connectivity index (χ0n) is 17.3. The number of alkyl halides is 1. The van der Waals surface area contributed by atoms with E-state index in [2.05, 4.69) is 53.7 Å². The van der Waals surface area contributed by atoms with E-state index in [0.717, 1.165) is 29.5 Å². The van der Waals surface area contributed by atoms with Gasteiger partial charge in [-0.3, -0.25) is 0 Å². The molecule has 0 aliphatic rings. The molecule has 0 saturated carbocycles. The molecule has 144 valence electrons. The van der Waals surface area contributed by atoms with Gasteiger partial charge in [0.2, 0.25) is 0 Å². The molecule has 2 heteroatoms. The van der Waals surface area contributed by atoms with Crippen LogP contribution in [0.3, 0.4) is 0 Å². The van der Waals surface area contributed by atoms with Gasteiger partial charge in [0, 0.05) is 17.0 Å². The Kier molecular flexibility index (Phi) is 8.81. The predicted molar refractivity (Wildman–Crippen MR) is 112 cm³/mol. The molecule has 1 rings (SSSR count). The molecule has 0 bridgehead atoms. The molecule has 0 radical (unpaired) electrons. The largest absolute Gasteiger partial charge is 0.507 e. The highest BCUT2D eigenvalue weighted by molar-refractivity contribution is 6.17. The molecule has 0 heterocycles. The Morgan fingerprint density at radius 2 is 1.20 bits per heavy atom. The summed E-state index contributed by atoms with van der Waals surface area (Å²) in [7, 11) is 0. The number of hydrogen-bond donors (Lipinski definition) is 1. The first-order chi connectivity index (χ1) is 11.7. The third-order valence-corrected chi connectivity index (χ3v) is 5.90. The van der Waals surface area contributed by atoms with Gasteiger partial charge >= 0.3 is 0 Å². The fraction of sp³-hybridized carbons (Fsp3) is 0.739. The topological polar surface area (TPSA) is 20.2 Å². The molecule has 0 unspecified atom stereocenters. The Balaban J connectivity index is 3.23. The van der Waals surface area contributed by atoms with E-state index in [-0.39, 0.29) is 10.8 Å². The Morgan fingerprint density at radius 1 is 0.800 bits per heavy atom. The zero-order chi connectivity index (χ0) is 19.1. The lowest BCUT2D eigenvalue weighted by Gasteiger charge is -2.32. The molecule has 0 saturated heterocycles. The van der Waals surface area contributed by atoms with Crippen molar-refractivity contribution in [3.63, 3.8) is 0 Å². The SMILES string of the molecule is CCCCCC(C)(C)c1cc(CCl)cc(C(C)(C)CCCCC)c1O. The van der Waals surface area contributed by atoms with Gasteiger partial charge in [-0.1, -0.05) is 92.2 Å². The average Bonchev–Trinajstić information content (AvgIpc) is 2.55. The van der Waals surface area contributed by atoms with Gasteiger partial charge in [0.05, 0.1) is 0 Å². The van der Waals surface area contributed by atoms with Gasteiger partial charge in [0.1, 0.15) is 5.75 Å². The molecule has 0 spiro atoms. The zero-order valence-corrected chi connectivity index (χ0v) is 18.1. The number of phenolic OH excluding ortho intramolecular Hbond substituents is 1. The highest BCUT2D eigenvalue weighted by Gasteiger charge is 2.30. The van der Waals surface area contributed by atoms with Crippen molar-refractivity contribution in [3.05, 3.63) is 28.8 Å². The van der Waals surface area contributed by atoms with Crippen LogP contribution in [0, 0.1) is 0 Å². The van der Waals surface area contributed by atoms with Crippen LogP contribution in [0.15, 0.2) is 12.1 Å². The van der Waals surface area contributed by atoms with Crippen LogP contribution in [0.1, 0.15) is 110 Å². The van der Waals surface area contributed by atoms with Gasteiger partial charge in [0.15, 0.2) is 0 Å². The van der Waals surface area contributed by atoms with E-state index in [0.29, 0.717) is 11.6 Å². The van der Waals surface area contributed by atoms with Crippen LogP contribution >= 0.6 is 11.6 Å². The first-order valence-corrected chi connectivity index (χ1v) is 10.7. The monoisotopic (exact) mass is 366 g/mol. The normalized spacial score (nSPS) is 12.6. The minimum atomic E-state index is -0.0322. The smallest absolute Gasteiger partial charge is 0.123 e. The number of hydrogen-bond acceptors (Lipinski definition) is 1. The molecule has 0 aliphatic heterocycles. The van der Waals surface area contributed by atoms with Gasteiger partial charge in [-0.2, -0.15) is 0 Å². The fourth-order valence-electron chi connectivity index (χ4n) is 3.71. The minimum absolute atomic E-state index is 0.0322. The van der Waals surface area contributed by atoms with Crippen LogP contribution in [0.2, 0.25) is 0 Å². The summed E-state index contributed by atoms with van der Waals surface area (Å²) in [5.41, 5.74) is 3.20. The van der Waals surface area contributed by atoms with E-state index in [1.54, 1.807) is 0 Å². The Hall–Kier alpha value is -0.690. The quantitative estimate of drug-likeness (QED) is 0.312. The number of halogens is 1. The second-order valence-electron chi connectivity index (χ2n) is 8.86. The maximum Gasteiger partial charge on any atom is 0.123 e. The van der Waals surface area contributed by atoms with Gasteiger partial charge in [0.25, 0.3) is 0 Å². The molecule has 0 aliphatic carbocycles. The van der Waals surface area contributed by atoms with Crippen molar-refractivity contribution in [2.24, 2.45) is 0 Å². The van der Waals surface area contributed by atoms with E-state index < -0.39 is 0 Å². The van der Waals surface area contributed by atoms with Crippen molar-refractivity contribution in [3.8, 4) is 5.75 Å². The third kappa shape index (κ3) is 6.20. The van der Waals surface area contributed by atoms with E-state index in [9.17, 15) is 5.11 Å². The summed E-state index contributed by atoms with van der Waals surface area (Å²) in [4.78, 5) is 0. The van der Waals surface area contributed by atoms with Gasteiger partial charge in [-0.05, 0) is 29.2 Å². The van der Waals surface area contributed by atoms with Gasteiger partial charge < -0.3 is 5.11 Å². The number of phenols is 1. The summed E-state index contributed by atoms with van der Waals surface area (Å²) >= 11 is 6.20. The molecular weight excluding hydrogens is 328 g/mol. The molecule has 0 amide bonds. The second-order valence-corrected chi connectivity index (χ2v) is 9.12. The lowest BCUT2D eigenvalue weighted by molar-refractivity contribution is 0.380. The standard InChI is InChI=1S/C23H39ClO/c1-7-9-11-13-22(3,4)19-15-18(17-24)16-20(21(19)25)23(5,6)14-12-10-8-2/h15-16,25H,7-14,17H2,1-6H3. The lowest BCUT2D eigenvalue weighted by Crippen LogP contribution is -2.22. The molecule has 25 heavy (non-hydrogen) atoms. The van der Waals surface area contributed by atoms with E-state index in [1.165, 1.54) is 38.5 Å².